The molecule has 1 aliphatic heterocycles. The van der Waals surface area contributed by atoms with Crippen molar-refractivity contribution in [2.45, 2.75) is 19.0 Å². The fourth-order valence-corrected chi connectivity index (χ4v) is 4.55. The molecule has 0 saturated carbocycles. The number of aromatic nitrogens is 3. The fraction of sp³-hybridized carbons (Fsp3) is 0.348. The molecule has 3 aromatic rings. The first-order valence-electron chi connectivity index (χ1n) is 10.4. The van der Waals surface area contributed by atoms with E-state index < -0.39 is 0 Å². The minimum atomic E-state index is 0. The molecule has 0 fully saturated rings. The van der Waals surface area contributed by atoms with Crippen molar-refractivity contribution in [1.82, 2.24) is 14.9 Å². The predicted molar refractivity (Wildman–Crippen MR) is 135 cm³/mol. The summed E-state index contributed by atoms with van der Waals surface area (Å²) in [5.74, 6) is 2.99. The van der Waals surface area contributed by atoms with Crippen molar-refractivity contribution < 1.29 is 14.2 Å². The van der Waals surface area contributed by atoms with Crippen LogP contribution in [0.15, 0.2) is 46.7 Å². The first kappa shape index (κ1) is 24.7. The Kier molecular flexibility index (Phi) is 8.10. The Bertz CT molecular complexity index is 1100. The highest BCUT2D eigenvalue weighted by molar-refractivity contribution is 7.99. The molecule has 1 aromatic heterocycles. The van der Waals surface area contributed by atoms with Gasteiger partial charge >= 0.3 is 0 Å². The third-order valence-electron chi connectivity index (χ3n) is 5.42. The average Bonchev–Trinajstić information content (AvgIpc) is 3.27. The van der Waals surface area contributed by atoms with Crippen molar-refractivity contribution >= 4 is 35.6 Å². The average molecular weight is 490 g/mol. The zero-order valence-corrected chi connectivity index (χ0v) is 21.0. The number of benzene rings is 2. The lowest BCUT2D eigenvalue weighted by Crippen LogP contribution is -2.21. The smallest absolute Gasteiger partial charge is 0.212 e. The van der Waals surface area contributed by atoms with Crippen LogP contribution in [0, 0.1) is 0 Å². The van der Waals surface area contributed by atoms with Crippen molar-refractivity contribution in [1.29, 1.82) is 0 Å². The van der Waals surface area contributed by atoms with E-state index in [9.17, 15) is 0 Å². The van der Waals surface area contributed by atoms with Crippen LogP contribution in [0.4, 0.5) is 5.69 Å². The van der Waals surface area contributed by atoms with Gasteiger partial charge in [-0.2, -0.15) is 9.78 Å². The molecule has 0 amide bonds. The summed E-state index contributed by atoms with van der Waals surface area (Å²) < 4.78 is 18.2. The molecule has 0 radical (unpaired) electrons. The van der Waals surface area contributed by atoms with E-state index in [2.05, 4.69) is 53.2 Å². The largest absolute Gasteiger partial charge is 0.493 e. The zero-order chi connectivity index (χ0) is 22.7. The third kappa shape index (κ3) is 4.74. The van der Waals surface area contributed by atoms with Crippen molar-refractivity contribution in [3.05, 3.63) is 42.0 Å². The van der Waals surface area contributed by atoms with Gasteiger partial charge in [-0.05, 0) is 43.7 Å². The number of hydrogen-bond acceptors (Lipinski definition) is 8. The van der Waals surface area contributed by atoms with Crippen molar-refractivity contribution in [3.63, 3.8) is 0 Å². The van der Waals surface area contributed by atoms with E-state index >= 15 is 0 Å². The lowest BCUT2D eigenvalue weighted by molar-refractivity contribution is 0.324. The molecule has 0 bridgehead atoms. The molecule has 176 valence electrons. The molecule has 0 spiro atoms. The van der Waals surface area contributed by atoms with Gasteiger partial charge in [0.05, 0.1) is 27.0 Å². The summed E-state index contributed by atoms with van der Waals surface area (Å²) in [5.41, 5.74) is 4.05. The Balaban J connectivity index is 0.00000306. The SMILES string of the molecule is CCN(CC)c1ccc(C2=Nn3c(nnc3-c3cc(OC)c(OC)c(OC)c3)SC2)cc1.Cl. The van der Waals surface area contributed by atoms with Gasteiger partial charge in [-0.3, -0.25) is 0 Å². The summed E-state index contributed by atoms with van der Waals surface area (Å²) in [6.07, 6.45) is 0. The van der Waals surface area contributed by atoms with E-state index in [1.165, 1.54) is 5.69 Å². The maximum Gasteiger partial charge on any atom is 0.212 e. The van der Waals surface area contributed by atoms with E-state index in [0.717, 1.165) is 40.8 Å². The standard InChI is InChI=1S/C23H27N5O3S.ClH/c1-6-27(7-2)17-10-8-15(9-11-17)18-14-32-23-25-24-22(28(23)26-18)16-12-19(29-3)21(31-5)20(13-16)30-4;/h8-13H,6-7,14H2,1-5H3;1H. The van der Waals surface area contributed by atoms with Crippen LogP contribution in [0.2, 0.25) is 0 Å². The molecular formula is C23H28ClN5O3S. The van der Waals surface area contributed by atoms with Crippen LogP contribution in [0.1, 0.15) is 19.4 Å². The molecule has 0 aliphatic carbocycles. The first-order valence-corrected chi connectivity index (χ1v) is 11.4. The Morgan fingerprint density at radius 2 is 1.55 bits per heavy atom. The molecule has 4 rings (SSSR count). The minimum Gasteiger partial charge on any atom is -0.493 e. The predicted octanol–water partition coefficient (Wildman–Crippen LogP) is 4.60. The molecule has 33 heavy (non-hydrogen) atoms. The third-order valence-corrected chi connectivity index (χ3v) is 6.35. The Labute approximate surface area is 204 Å². The number of hydrogen-bond donors (Lipinski definition) is 0. The van der Waals surface area contributed by atoms with Crippen LogP contribution in [0.3, 0.4) is 0 Å². The number of methoxy groups -OCH3 is 3. The van der Waals surface area contributed by atoms with Gasteiger partial charge < -0.3 is 19.1 Å². The van der Waals surface area contributed by atoms with Gasteiger partial charge in [0.1, 0.15) is 0 Å². The summed E-state index contributed by atoms with van der Waals surface area (Å²) in [5, 5.41) is 14.3. The van der Waals surface area contributed by atoms with Crippen molar-refractivity contribution in [2.24, 2.45) is 5.10 Å². The number of fused-ring (bicyclic) bond motifs is 1. The Morgan fingerprint density at radius 3 is 2.09 bits per heavy atom. The highest BCUT2D eigenvalue weighted by atomic mass is 35.5. The lowest BCUT2D eigenvalue weighted by atomic mass is 10.1. The number of ether oxygens (including phenoxy) is 3. The van der Waals surface area contributed by atoms with Crippen molar-refractivity contribution in [2.75, 3.05) is 45.1 Å². The summed E-state index contributed by atoms with van der Waals surface area (Å²) >= 11 is 1.62. The van der Waals surface area contributed by atoms with E-state index in [1.807, 2.05) is 12.1 Å². The molecule has 0 saturated heterocycles. The van der Waals surface area contributed by atoms with E-state index in [-0.39, 0.29) is 12.4 Å². The van der Waals surface area contributed by atoms with Crippen LogP contribution in [0.5, 0.6) is 17.2 Å². The summed E-state index contributed by atoms with van der Waals surface area (Å²) in [7, 11) is 4.76. The molecule has 0 atom stereocenters. The summed E-state index contributed by atoms with van der Waals surface area (Å²) in [6, 6.07) is 12.3. The van der Waals surface area contributed by atoms with Crippen LogP contribution in [-0.4, -0.2) is 60.8 Å². The minimum absolute atomic E-state index is 0. The number of thioether (sulfide) groups is 1. The molecule has 0 N–H and O–H groups in total. The number of nitrogens with zero attached hydrogens (tertiary/aromatic N) is 5. The van der Waals surface area contributed by atoms with Crippen LogP contribution in [-0.2, 0) is 0 Å². The van der Waals surface area contributed by atoms with Gasteiger partial charge in [-0.15, -0.1) is 22.6 Å². The second-order valence-corrected chi connectivity index (χ2v) is 8.03. The molecule has 2 aromatic carbocycles. The highest BCUT2D eigenvalue weighted by Crippen LogP contribution is 2.41. The van der Waals surface area contributed by atoms with E-state index in [0.29, 0.717) is 23.1 Å². The molecule has 10 heteroatoms. The summed E-state index contributed by atoms with van der Waals surface area (Å²) in [6.45, 7) is 6.29. The van der Waals surface area contributed by atoms with Crippen molar-refractivity contribution in [3.8, 4) is 28.6 Å². The second-order valence-electron chi connectivity index (χ2n) is 7.09. The first-order chi connectivity index (χ1) is 15.6. The molecule has 8 nitrogen and oxygen atoms in total. The topological polar surface area (TPSA) is 74.0 Å². The Morgan fingerprint density at radius 1 is 0.909 bits per heavy atom. The molecule has 0 unspecified atom stereocenters. The van der Waals surface area contributed by atoms with Gasteiger partial charge in [0.2, 0.25) is 10.9 Å². The normalized spacial score (nSPS) is 12.3. The molecule has 1 aliphatic rings. The summed E-state index contributed by atoms with van der Waals surface area (Å²) in [4.78, 5) is 2.32. The number of halogens is 1. The van der Waals surface area contributed by atoms with E-state index in [1.54, 1.807) is 37.8 Å². The monoisotopic (exact) mass is 489 g/mol. The second kappa shape index (κ2) is 10.8. The van der Waals surface area contributed by atoms with Gasteiger partial charge in [0.15, 0.2) is 17.3 Å². The van der Waals surface area contributed by atoms with Crippen LogP contribution >= 0.6 is 24.2 Å². The molecule has 2 heterocycles. The highest BCUT2D eigenvalue weighted by Gasteiger charge is 2.23. The molecular weight excluding hydrogens is 462 g/mol. The maximum atomic E-state index is 5.49. The quantitative estimate of drug-likeness (QED) is 0.458. The van der Waals surface area contributed by atoms with Gasteiger partial charge in [0, 0.05) is 30.1 Å². The number of anilines is 1. The zero-order valence-electron chi connectivity index (χ0n) is 19.4. The van der Waals surface area contributed by atoms with Gasteiger partial charge in [-0.25, -0.2) is 0 Å². The van der Waals surface area contributed by atoms with Crippen LogP contribution in [0.25, 0.3) is 11.4 Å². The van der Waals surface area contributed by atoms with Crippen LogP contribution < -0.4 is 19.1 Å². The number of rotatable bonds is 8. The maximum absolute atomic E-state index is 5.49. The van der Waals surface area contributed by atoms with Gasteiger partial charge in [0.25, 0.3) is 0 Å². The Hall–Kier alpha value is -2.91. The lowest BCUT2D eigenvalue weighted by Gasteiger charge is -2.21. The van der Waals surface area contributed by atoms with E-state index in [4.69, 9.17) is 19.3 Å². The van der Waals surface area contributed by atoms with Gasteiger partial charge in [-0.1, -0.05) is 23.9 Å². The fourth-order valence-electron chi connectivity index (χ4n) is 3.71.